The molecule has 2 amide bonds. The summed E-state index contributed by atoms with van der Waals surface area (Å²) < 4.78 is 5.16. The zero-order valence-corrected chi connectivity index (χ0v) is 12.9. The second-order valence-electron chi connectivity index (χ2n) is 5.23. The Kier molecular flexibility index (Phi) is 5.03. The van der Waals surface area contributed by atoms with Crippen molar-refractivity contribution in [2.24, 2.45) is 0 Å². The molecule has 0 saturated heterocycles. The van der Waals surface area contributed by atoms with Gasteiger partial charge in [0.25, 0.3) is 0 Å². The average molecular weight is 308 g/mol. The minimum absolute atomic E-state index is 0.0831. The van der Waals surface area contributed by atoms with Crippen LogP contribution in [0.2, 0.25) is 0 Å². The third-order valence-corrected chi connectivity index (χ3v) is 4.35. The van der Waals surface area contributed by atoms with Crippen molar-refractivity contribution in [2.45, 2.75) is 25.4 Å². The molecule has 0 aliphatic rings. The van der Waals surface area contributed by atoms with Gasteiger partial charge in [0, 0.05) is 17.3 Å². The fraction of sp³-hybridized carbons (Fsp3) is 0.400. The first-order valence-electron chi connectivity index (χ1n) is 6.80. The first kappa shape index (κ1) is 15.6. The molecule has 0 saturated carbocycles. The van der Waals surface area contributed by atoms with Crippen molar-refractivity contribution in [2.75, 3.05) is 13.1 Å². The smallest absolute Gasteiger partial charge is 0.314 e. The molecule has 0 radical (unpaired) electrons. The molecule has 6 heteroatoms. The van der Waals surface area contributed by atoms with Crippen LogP contribution in [0.3, 0.4) is 0 Å². The summed E-state index contributed by atoms with van der Waals surface area (Å²) in [6.07, 6.45) is 1.49. The quantitative estimate of drug-likeness (QED) is 0.768. The molecule has 2 atom stereocenters. The number of carbonyl (C=O) groups excluding carboxylic acids is 1. The lowest BCUT2D eigenvalue weighted by Crippen LogP contribution is -2.44. The summed E-state index contributed by atoms with van der Waals surface area (Å²) in [4.78, 5) is 13.0. The Morgan fingerprint density at radius 2 is 2.24 bits per heavy atom. The summed E-state index contributed by atoms with van der Waals surface area (Å²) in [5.41, 5.74) is -1.22. The number of carbonyl (C=O) groups is 1. The highest BCUT2D eigenvalue weighted by Crippen LogP contribution is 2.20. The second kappa shape index (κ2) is 6.78. The second-order valence-corrected chi connectivity index (χ2v) is 6.21. The van der Waals surface area contributed by atoms with Gasteiger partial charge in [-0.25, -0.2) is 4.79 Å². The Morgan fingerprint density at radius 1 is 1.43 bits per heavy atom. The summed E-state index contributed by atoms with van der Waals surface area (Å²) in [5, 5.41) is 17.7. The van der Waals surface area contributed by atoms with Gasteiger partial charge in [0.1, 0.15) is 11.4 Å². The summed E-state index contributed by atoms with van der Waals surface area (Å²) in [6.45, 7) is 4.29. The van der Waals surface area contributed by atoms with Crippen molar-refractivity contribution in [3.05, 3.63) is 46.5 Å². The Morgan fingerprint density at radius 3 is 2.86 bits per heavy atom. The number of furan rings is 1. The molecule has 0 aliphatic heterocycles. The molecule has 2 heterocycles. The lowest BCUT2D eigenvalue weighted by molar-refractivity contribution is 0.0367. The van der Waals surface area contributed by atoms with Gasteiger partial charge in [-0.2, -0.15) is 0 Å². The van der Waals surface area contributed by atoms with Gasteiger partial charge in [-0.1, -0.05) is 13.0 Å². The van der Waals surface area contributed by atoms with E-state index in [4.69, 9.17) is 4.42 Å². The predicted octanol–water partition coefficient (Wildman–Crippen LogP) is 2.65. The zero-order valence-electron chi connectivity index (χ0n) is 12.1. The summed E-state index contributed by atoms with van der Waals surface area (Å²) in [6, 6.07) is 7.13. The van der Waals surface area contributed by atoms with Crippen molar-refractivity contribution in [1.29, 1.82) is 0 Å². The van der Waals surface area contributed by atoms with Crippen molar-refractivity contribution in [1.82, 2.24) is 10.6 Å². The van der Waals surface area contributed by atoms with Crippen molar-refractivity contribution in [3.8, 4) is 0 Å². The number of thiophene rings is 1. The van der Waals surface area contributed by atoms with Crippen LogP contribution in [0.1, 0.15) is 30.4 Å². The Bertz CT molecular complexity index is 550. The Balaban J connectivity index is 1.75. The van der Waals surface area contributed by atoms with Gasteiger partial charge in [0.15, 0.2) is 0 Å². The van der Waals surface area contributed by atoms with Crippen LogP contribution in [0.15, 0.2) is 40.3 Å². The van der Waals surface area contributed by atoms with Gasteiger partial charge in [-0.15, -0.1) is 11.3 Å². The zero-order chi connectivity index (χ0) is 15.3. The number of urea groups is 1. The SMILES string of the molecule is C[C@H](CNC(=O)NC[C@@](C)(O)c1ccco1)c1cccs1. The molecule has 2 aromatic rings. The molecule has 0 aliphatic carbocycles. The normalized spacial score (nSPS) is 15.2. The van der Waals surface area contributed by atoms with Crippen LogP contribution in [-0.4, -0.2) is 24.2 Å². The molecular weight excluding hydrogens is 288 g/mol. The van der Waals surface area contributed by atoms with E-state index >= 15 is 0 Å². The molecule has 21 heavy (non-hydrogen) atoms. The standard InChI is InChI=1S/C15H20N2O3S/c1-11(12-5-4-8-21-12)9-16-14(18)17-10-15(2,19)13-6-3-7-20-13/h3-8,11,19H,9-10H2,1-2H3,(H2,16,17,18)/t11-,15-/m1/s1. The highest BCUT2D eigenvalue weighted by atomic mass is 32.1. The van der Waals surface area contributed by atoms with Crippen LogP contribution in [0.25, 0.3) is 0 Å². The molecule has 5 nitrogen and oxygen atoms in total. The monoisotopic (exact) mass is 308 g/mol. The van der Waals surface area contributed by atoms with Crippen LogP contribution in [0, 0.1) is 0 Å². The highest BCUT2D eigenvalue weighted by Gasteiger charge is 2.26. The largest absolute Gasteiger partial charge is 0.466 e. The topological polar surface area (TPSA) is 74.5 Å². The van der Waals surface area contributed by atoms with E-state index in [9.17, 15) is 9.90 Å². The molecule has 2 aromatic heterocycles. The van der Waals surface area contributed by atoms with Crippen LogP contribution in [0.4, 0.5) is 4.79 Å². The first-order chi connectivity index (χ1) is 9.99. The van der Waals surface area contributed by atoms with Gasteiger partial charge >= 0.3 is 6.03 Å². The highest BCUT2D eigenvalue weighted by molar-refractivity contribution is 7.10. The van der Waals surface area contributed by atoms with Crippen LogP contribution >= 0.6 is 11.3 Å². The van der Waals surface area contributed by atoms with E-state index in [1.165, 1.54) is 11.1 Å². The number of hydrogen-bond donors (Lipinski definition) is 3. The maximum absolute atomic E-state index is 11.8. The first-order valence-corrected chi connectivity index (χ1v) is 7.68. The fourth-order valence-corrected chi connectivity index (χ4v) is 2.69. The number of amides is 2. The Hall–Kier alpha value is -1.79. The van der Waals surface area contributed by atoms with Gasteiger partial charge in [0.2, 0.25) is 0 Å². The Labute approximate surface area is 128 Å². The number of rotatable bonds is 6. The third kappa shape index (κ3) is 4.34. The molecule has 0 fully saturated rings. The number of aliphatic hydroxyl groups is 1. The average Bonchev–Trinajstić information content (AvgIpc) is 3.14. The van der Waals surface area contributed by atoms with E-state index in [1.54, 1.807) is 30.4 Å². The summed E-state index contributed by atoms with van der Waals surface area (Å²) in [5.74, 6) is 0.691. The van der Waals surface area contributed by atoms with Crippen LogP contribution in [-0.2, 0) is 5.60 Å². The van der Waals surface area contributed by atoms with E-state index < -0.39 is 5.60 Å². The molecular formula is C15H20N2O3S. The number of nitrogens with one attached hydrogen (secondary N) is 2. The van der Waals surface area contributed by atoms with Gasteiger partial charge in [-0.3, -0.25) is 0 Å². The maximum Gasteiger partial charge on any atom is 0.314 e. The fourth-order valence-electron chi connectivity index (χ4n) is 1.91. The molecule has 0 bridgehead atoms. The lowest BCUT2D eigenvalue weighted by atomic mass is 10.0. The van der Waals surface area contributed by atoms with Crippen LogP contribution in [0.5, 0.6) is 0 Å². The maximum atomic E-state index is 11.8. The van der Waals surface area contributed by atoms with Gasteiger partial charge in [0.05, 0.1) is 12.8 Å². The van der Waals surface area contributed by atoms with E-state index in [-0.39, 0.29) is 18.5 Å². The minimum Gasteiger partial charge on any atom is -0.466 e. The van der Waals surface area contributed by atoms with Gasteiger partial charge < -0.3 is 20.2 Å². The minimum atomic E-state index is -1.22. The van der Waals surface area contributed by atoms with Crippen molar-refractivity contribution < 1.29 is 14.3 Å². The van der Waals surface area contributed by atoms with E-state index in [2.05, 4.69) is 23.6 Å². The third-order valence-electron chi connectivity index (χ3n) is 3.24. The van der Waals surface area contributed by atoms with E-state index in [0.29, 0.717) is 12.3 Å². The summed E-state index contributed by atoms with van der Waals surface area (Å²) in [7, 11) is 0. The molecule has 2 rings (SSSR count). The predicted molar refractivity (Wildman–Crippen MR) is 82.4 cm³/mol. The molecule has 0 unspecified atom stereocenters. The van der Waals surface area contributed by atoms with Crippen molar-refractivity contribution in [3.63, 3.8) is 0 Å². The summed E-state index contributed by atoms with van der Waals surface area (Å²) >= 11 is 1.67. The van der Waals surface area contributed by atoms with Crippen molar-refractivity contribution >= 4 is 17.4 Å². The molecule has 114 valence electrons. The van der Waals surface area contributed by atoms with E-state index in [0.717, 1.165) is 0 Å². The van der Waals surface area contributed by atoms with Gasteiger partial charge in [-0.05, 0) is 30.5 Å². The number of hydrogen-bond acceptors (Lipinski definition) is 4. The molecule has 0 spiro atoms. The molecule has 3 N–H and O–H groups in total. The lowest BCUT2D eigenvalue weighted by Gasteiger charge is -2.21. The van der Waals surface area contributed by atoms with Crippen LogP contribution < -0.4 is 10.6 Å². The molecule has 0 aromatic carbocycles. The van der Waals surface area contributed by atoms with E-state index in [1.807, 2.05) is 11.4 Å².